The second-order valence-corrected chi connectivity index (χ2v) is 3.04. The third kappa shape index (κ3) is 6.68. The molecule has 0 bridgehead atoms. The highest BCUT2D eigenvalue weighted by atomic mass is 32.1. The summed E-state index contributed by atoms with van der Waals surface area (Å²) < 4.78 is 0. The zero-order valence-electron chi connectivity index (χ0n) is 6.93. The SMILES string of the molecule is NC(CS)CS.O=C1C=CC(=O)N1. The summed E-state index contributed by atoms with van der Waals surface area (Å²) in [7, 11) is 0. The van der Waals surface area contributed by atoms with Crippen LogP contribution in [-0.4, -0.2) is 29.4 Å². The second-order valence-electron chi connectivity index (χ2n) is 2.31. The predicted octanol–water partition coefficient (Wildman–Crippen LogP) is -0.628. The van der Waals surface area contributed by atoms with Crippen molar-refractivity contribution in [1.82, 2.24) is 5.32 Å². The molecule has 74 valence electrons. The van der Waals surface area contributed by atoms with E-state index in [1.807, 2.05) is 5.32 Å². The zero-order valence-corrected chi connectivity index (χ0v) is 8.72. The van der Waals surface area contributed by atoms with Crippen molar-refractivity contribution in [3.05, 3.63) is 12.2 Å². The van der Waals surface area contributed by atoms with Gasteiger partial charge in [-0.3, -0.25) is 14.9 Å². The number of carbonyl (C=O) groups is 2. The summed E-state index contributed by atoms with van der Waals surface area (Å²) in [6, 6.07) is 0.164. The minimum absolute atomic E-state index is 0.164. The second kappa shape index (κ2) is 6.99. The molecule has 2 amide bonds. The minimum Gasteiger partial charge on any atom is -0.326 e. The Labute approximate surface area is 87.8 Å². The Balaban J connectivity index is 0.000000226. The van der Waals surface area contributed by atoms with Crippen LogP contribution in [0.5, 0.6) is 0 Å². The standard InChI is InChI=1S/C4H3NO2.C3H9NS2/c6-3-1-2-4(7)5-3;4-3(1-5)2-6/h1-2H,(H,5,6,7);3,5-6H,1-2,4H2. The van der Waals surface area contributed by atoms with E-state index in [2.05, 4.69) is 25.3 Å². The van der Waals surface area contributed by atoms with Gasteiger partial charge in [0.1, 0.15) is 0 Å². The van der Waals surface area contributed by atoms with Crippen molar-refractivity contribution in [3.8, 4) is 0 Å². The van der Waals surface area contributed by atoms with Crippen LogP contribution >= 0.6 is 25.3 Å². The van der Waals surface area contributed by atoms with Gasteiger partial charge in [-0.15, -0.1) is 0 Å². The van der Waals surface area contributed by atoms with Gasteiger partial charge in [0.05, 0.1) is 0 Å². The lowest BCUT2D eigenvalue weighted by Crippen LogP contribution is -2.23. The number of nitrogens with two attached hydrogens (primary N) is 1. The summed E-state index contributed by atoms with van der Waals surface area (Å²) in [5.41, 5.74) is 5.32. The zero-order chi connectivity index (χ0) is 10.3. The number of carbonyl (C=O) groups excluding carboxylic acids is 2. The van der Waals surface area contributed by atoms with E-state index in [1.54, 1.807) is 0 Å². The molecule has 0 aromatic carbocycles. The van der Waals surface area contributed by atoms with Crippen molar-refractivity contribution >= 4 is 37.1 Å². The van der Waals surface area contributed by atoms with E-state index in [9.17, 15) is 9.59 Å². The van der Waals surface area contributed by atoms with Crippen molar-refractivity contribution in [2.24, 2.45) is 5.73 Å². The van der Waals surface area contributed by atoms with Crippen molar-refractivity contribution in [2.75, 3.05) is 11.5 Å². The fraction of sp³-hybridized carbons (Fsp3) is 0.429. The lowest BCUT2D eigenvalue weighted by molar-refractivity contribution is -0.123. The van der Waals surface area contributed by atoms with Crippen LogP contribution in [0.4, 0.5) is 0 Å². The van der Waals surface area contributed by atoms with Gasteiger partial charge in [0, 0.05) is 29.7 Å². The van der Waals surface area contributed by atoms with Crippen molar-refractivity contribution < 1.29 is 9.59 Å². The number of rotatable bonds is 2. The first-order valence-corrected chi connectivity index (χ1v) is 4.87. The molecule has 0 saturated heterocycles. The Kier molecular flexibility index (Phi) is 6.75. The molecule has 0 aromatic heterocycles. The molecule has 1 aliphatic rings. The molecule has 0 radical (unpaired) electrons. The molecule has 0 aromatic rings. The van der Waals surface area contributed by atoms with Crippen LogP contribution in [0.1, 0.15) is 0 Å². The largest absolute Gasteiger partial charge is 0.326 e. The Hall–Kier alpha value is -0.460. The molecule has 0 saturated carbocycles. The van der Waals surface area contributed by atoms with E-state index in [0.717, 1.165) is 11.5 Å². The van der Waals surface area contributed by atoms with Crippen molar-refractivity contribution in [2.45, 2.75) is 6.04 Å². The highest BCUT2D eigenvalue weighted by molar-refractivity contribution is 7.81. The Morgan fingerprint density at radius 2 is 1.62 bits per heavy atom. The molecule has 0 spiro atoms. The first-order chi connectivity index (χ1) is 6.10. The van der Waals surface area contributed by atoms with Gasteiger partial charge in [0.2, 0.25) is 0 Å². The molecule has 1 rings (SSSR count). The monoisotopic (exact) mass is 220 g/mol. The summed E-state index contributed by atoms with van der Waals surface area (Å²) in [4.78, 5) is 20.1. The van der Waals surface area contributed by atoms with E-state index in [-0.39, 0.29) is 17.9 Å². The molecular formula is C7H12N2O2S2. The van der Waals surface area contributed by atoms with Gasteiger partial charge < -0.3 is 5.73 Å². The minimum atomic E-state index is -0.329. The van der Waals surface area contributed by atoms with Gasteiger partial charge in [-0.1, -0.05) is 0 Å². The average Bonchev–Trinajstić information content (AvgIpc) is 2.49. The van der Waals surface area contributed by atoms with E-state index < -0.39 is 0 Å². The first-order valence-electron chi connectivity index (χ1n) is 3.60. The van der Waals surface area contributed by atoms with E-state index in [4.69, 9.17) is 5.73 Å². The Morgan fingerprint density at radius 3 is 1.69 bits per heavy atom. The van der Waals surface area contributed by atoms with E-state index >= 15 is 0 Å². The van der Waals surface area contributed by atoms with Crippen LogP contribution in [0, 0.1) is 0 Å². The number of imide groups is 1. The quantitative estimate of drug-likeness (QED) is 0.370. The first kappa shape index (κ1) is 12.5. The number of hydrogen-bond acceptors (Lipinski definition) is 5. The Bertz CT molecular complexity index is 199. The number of amides is 2. The molecule has 1 heterocycles. The lowest BCUT2D eigenvalue weighted by Gasteiger charge is -1.98. The van der Waals surface area contributed by atoms with Gasteiger partial charge in [0.25, 0.3) is 11.8 Å². The molecule has 0 atom stereocenters. The third-order valence-electron chi connectivity index (χ3n) is 1.10. The molecule has 3 N–H and O–H groups in total. The van der Waals surface area contributed by atoms with Crippen molar-refractivity contribution in [3.63, 3.8) is 0 Å². The molecule has 0 aliphatic carbocycles. The maximum absolute atomic E-state index is 10.0. The molecule has 13 heavy (non-hydrogen) atoms. The normalized spacial score (nSPS) is 14.2. The lowest BCUT2D eigenvalue weighted by atomic mass is 10.4. The molecule has 0 fully saturated rings. The fourth-order valence-corrected chi connectivity index (χ4v) is 0.876. The maximum Gasteiger partial charge on any atom is 0.250 e. The average molecular weight is 220 g/mol. The van der Waals surface area contributed by atoms with E-state index in [1.165, 1.54) is 12.2 Å². The van der Waals surface area contributed by atoms with Crippen LogP contribution in [0.2, 0.25) is 0 Å². The summed E-state index contributed by atoms with van der Waals surface area (Å²) in [5.74, 6) is 0.794. The fourth-order valence-electron chi connectivity index (χ4n) is 0.414. The molecule has 1 aliphatic heterocycles. The highest BCUT2D eigenvalue weighted by Crippen LogP contribution is 1.84. The molecular weight excluding hydrogens is 208 g/mol. The maximum atomic E-state index is 10.0. The summed E-state index contributed by atoms with van der Waals surface area (Å²) in [5, 5.41) is 2.03. The van der Waals surface area contributed by atoms with Gasteiger partial charge in [-0.05, 0) is 0 Å². The van der Waals surface area contributed by atoms with E-state index in [0.29, 0.717) is 0 Å². The van der Waals surface area contributed by atoms with Gasteiger partial charge in [-0.25, -0.2) is 0 Å². The Morgan fingerprint density at radius 1 is 1.23 bits per heavy atom. The third-order valence-corrected chi connectivity index (χ3v) is 2.04. The van der Waals surface area contributed by atoms with Gasteiger partial charge in [-0.2, -0.15) is 25.3 Å². The topological polar surface area (TPSA) is 72.2 Å². The van der Waals surface area contributed by atoms with Crippen LogP contribution in [-0.2, 0) is 9.59 Å². The summed E-state index contributed by atoms with van der Waals surface area (Å²) in [6.07, 6.45) is 2.39. The van der Waals surface area contributed by atoms with Crippen LogP contribution in [0.15, 0.2) is 12.2 Å². The van der Waals surface area contributed by atoms with Gasteiger partial charge >= 0.3 is 0 Å². The highest BCUT2D eigenvalue weighted by Gasteiger charge is 2.06. The number of nitrogens with one attached hydrogen (secondary N) is 1. The number of hydrogen-bond donors (Lipinski definition) is 4. The van der Waals surface area contributed by atoms with Crippen LogP contribution in [0.25, 0.3) is 0 Å². The van der Waals surface area contributed by atoms with Crippen molar-refractivity contribution in [1.29, 1.82) is 0 Å². The molecule has 0 unspecified atom stereocenters. The van der Waals surface area contributed by atoms with Crippen LogP contribution < -0.4 is 11.1 Å². The van der Waals surface area contributed by atoms with Crippen LogP contribution in [0.3, 0.4) is 0 Å². The smallest absolute Gasteiger partial charge is 0.250 e. The molecule has 6 heteroatoms. The number of thiol groups is 2. The summed E-state index contributed by atoms with van der Waals surface area (Å²) >= 11 is 7.84. The predicted molar refractivity (Wildman–Crippen MR) is 58.0 cm³/mol. The summed E-state index contributed by atoms with van der Waals surface area (Å²) in [6.45, 7) is 0. The molecule has 4 nitrogen and oxygen atoms in total. The van der Waals surface area contributed by atoms with Gasteiger partial charge in [0.15, 0.2) is 0 Å².